The monoisotopic (exact) mass is 565 g/mol. The summed E-state index contributed by atoms with van der Waals surface area (Å²) in [5, 5.41) is 16.2. The van der Waals surface area contributed by atoms with Crippen LogP contribution in [0.2, 0.25) is 0 Å². The van der Waals surface area contributed by atoms with Gasteiger partial charge >= 0.3 is 0 Å². The molecule has 1 aliphatic heterocycles. The van der Waals surface area contributed by atoms with Gasteiger partial charge in [-0.15, -0.1) is 0 Å². The van der Waals surface area contributed by atoms with E-state index in [1.165, 1.54) is 6.92 Å². The molecule has 0 radical (unpaired) electrons. The number of hydrogen-bond acceptors (Lipinski definition) is 6. The summed E-state index contributed by atoms with van der Waals surface area (Å²) in [6, 6.07) is 7.65. The van der Waals surface area contributed by atoms with Gasteiger partial charge < -0.3 is 26.2 Å². The van der Waals surface area contributed by atoms with Gasteiger partial charge in [0, 0.05) is 58.0 Å². The molecule has 0 spiro atoms. The van der Waals surface area contributed by atoms with Crippen LogP contribution in [-0.4, -0.2) is 76.6 Å². The van der Waals surface area contributed by atoms with Crippen LogP contribution in [0.5, 0.6) is 0 Å². The molecule has 4 amide bonds. The number of amides is 4. The molecule has 2 fully saturated rings. The van der Waals surface area contributed by atoms with Gasteiger partial charge in [-0.25, -0.2) is 0 Å². The number of aromatic nitrogens is 2. The highest BCUT2D eigenvalue weighted by Gasteiger charge is 2.32. The highest BCUT2D eigenvalue weighted by atomic mass is 16.2. The molecule has 1 aliphatic carbocycles. The lowest BCUT2D eigenvalue weighted by atomic mass is 9.91. The highest BCUT2D eigenvalue weighted by molar-refractivity contribution is 6.00. The van der Waals surface area contributed by atoms with Gasteiger partial charge in [-0.3, -0.25) is 23.9 Å². The maximum Gasteiger partial charge on any atom is 0.270 e. The van der Waals surface area contributed by atoms with Crippen LogP contribution in [0.25, 0.3) is 0 Å². The van der Waals surface area contributed by atoms with E-state index in [9.17, 15) is 19.2 Å². The molecule has 1 saturated carbocycles. The number of hydrogen-bond donors (Lipinski definition) is 4. The SMILES string of the molecule is CCn1nccc1C(=O)N[C@H](C(=O)Nc1ccc(CC(NC(C)=O)C(=O)N2CCNCC2)cc1)C1CCCCCC1. The fraction of sp³-hybridized carbons (Fsp3) is 0.567. The van der Waals surface area contributed by atoms with E-state index >= 15 is 0 Å². The molecule has 2 aromatic rings. The topological polar surface area (TPSA) is 137 Å². The quantitative estimate of drug-likeness (QED) is 0.326. The number of piperazine rings is 1. The molecule has 1 aromatic carbocycles. The van der Waals surface area contributed by atoms with Gasteiger partial charge in [0.2, 0.25) is 17.7 Å². The van der Waals surface area contributed by atoms with Crippen molar-refractivity contribution < 1.29 is 19.2 Å². The van der Waals surface area contributed by atoms with Gasteiger partial charge in [0.15, 0.2) is 0 Å². The first-order valence-electron chi connectivity index (χ1n) is 14.8. The minimum Gasteiger partial charge on any atom is -0.344 e. The predicted molar refractivity (Wildman–Crippen MR) is 156 cm³/mol. The number of nitrogens with one attached hydrogen (secondary N) is 4. The molecule has 2 atom stereocenters. The third kappa shape index (κ3) is 8.39. The van der Waals surface area contributed by atoms with Gasteiger partial charge in [-0.05, 0) is 49.4 Å². The summed E-state index contributed by atoms with van der Waals surface area (Å²) in [5.41, 5.74) is 1.91. The van der Waals surface area contributed by atoms with E-state index in [4.69, 9.17) is 0 Å². The minimum absolute atomic E-state index is 0.0492. The molecule has 4 N–H and O–H groups in total. The summed E-state index contributed by atoms with van der Waals surface area (Å²) in [6.07, 6.45) is 8.06. The number of nitrogens with zero attached hydrogens (tertiary/aromatic N) is 3. The van der Waals surface area contributed by atoms with Gasteiger partial charge in [0.1, 0.15) is 17.8 Å². The van der Waals surface area contributed by atoms with Crippen LogP contribution < -0.4 is 21.3 Å². The highest BCUT2D eigenvalue weighted by Crippen LogP contribution is 2.27. The second-order valence-electron chi connectivity index (χ2n) is 11.0. The molecule has 11 nitrogen and oxygen atoms in total. The van der Waals surface area contributed by atoms with Crippen LogP contribution in [0, 0.1) is 5.92 Å². The zero-order chi connectivity index (χ0) is 29.2. The maximum absolute atomic E-state index is 13.6. The molecule has 1 saturated heterocycles. The van der Waals surface area contributed by atoms with E-state index in [0.29, 0.717) is 37.4 Å². The molecule has 1 unspecified atom stereocenters. The van der Waals surface area contributed by atoms with Crippen LogP contribution in [-0.2, 0) is 27.3 Å². The van der Waals surface area contributed by atoms with Crippen molar-refractivity contribution in [3.8, 4) is 0 Å². The van der Waals surface area contributed by atoms with Crippen molar-refractivity contribution in [2.75, 3.05) is 31.5 Å². The van der Waals surface area contributed by atoms with E-state index in [2.05, 4.69) is 26.4 Å². The Morgan fingerprint density at radius 1 is 0.976 bits per heavy atom. The van der Waals surface area contributed by atoms with Gasteiger partial charge in [-0.1, -0.05) is 37.8 Å². The summed E-state index contributed by atoms with van der Waals surface area (Å²) < 4.78 is 1.62. The van der Waals surface area contributed by atoms with Crippen molar-refractivity contribution >= 4 is 29.3 Å². The molecule has 0 bridgehead atoms. The molecule has 2 aliphatic rings. The fourth-order valence-electron chi connectivity index (χ4n) is 5.77. The number of benzene rings is 1. The Morgan fingerprint density at radius 3 is 2.29 bits per heavy atom. The largest absolute Gasteiger partial charge is 0.344 e. The Labute approximate surface area is 241 Å². The van der Waals surface area contributed by atoms with Crippen LogP contribution in [0.1, 0.15) is 68.4 Å². The van der Waals surface area contributed by atoms with Gasteiger partial charge in [-0.2, -0.15) is 5.10 Å². The van der Waals surface area contributed by atoms with Gasteiger partial charge in [0.25, 0.3) is 5.91 Å². The van der Waals surface area contributed by atoms with Crippen LogP contribution in [0.4, 0.5) is 5.69 Å². The van der Waals surface area contributed by atoms with E-state index in [1.54, 1.807) is 34.0 Å². The van der Waals surface area contributed by atoms with Crippen molar-refractivity contribution in [3.05, 3.63) is 47.8 Å². The Balaban J connectivity index is 1.44. The third-order valence-corrected chi connectivity index (χ3v) is 7.95. The molecule has 222 valence electrons. The standard InChI is InChI=1S/C30H43N7O4/c1-3-37-26(14-15-32-37)28(39)35-27(23-8-6-4-5-7-9-23)29(40)34-24-12-10-22(11-13-24)20-25(33-21(2)38)30(41)36-18-16-31-17-19-36/h10-15,23,25,27,31H,3-9,16-20H2,1-2H3,(H,33,38)(H,34,40)(H,35,39)/t25?,27-/m0/s1. The molecule has 11 heteroatoms. The van der Waals surface area contributed by atoms with Crippen molar-refractivity contribution in [2.24, 2.45) is 5.92 Å². The van der Waals surface area contributed by atoms with Gasteiger partial charge in [0.05, 0.1) is 0 Å². The van der Waals surface area contributed by atoms with E-state index < -0.39 is 12.1 Å². The summed E-state index contributed by atoms with van der Waals surface area (Å²) in [6.45, 7) is 6.58. The minimum atomic E-state index is -0.665. The summed E-state index contributed by atoms with van der Waals surface area (Å²) >= 11 is 0. The van der Waals surface area contributed by atoms with Crippen molar-refractivity contribution in [1.82, 2.24) is 30.6 Å². The van der Waals surface area contributed by atoms with Crippen molar-refractivity contribution in [3.63, 3.8) is 0 Å². The van der Waals surface area contributed by atoms with E-state index in [0.717, 1.165) is 57.2 Å². The lowest BCUT2D eigenvalue weighted by molar-refractivity contribution is -0.136. The van der Waals surface area contributed by atoms with Crippen LogP contribution in [0.15, 0.2) is 36.5 Å². The van der Waals surface area contributed by atoms with Crippen molar-refractivity contribution in [2.45, 2.75) is 77.4 Å². The third-order valence-electron chi connectivity index (χ3n) is 7.95. The molecule has 2 heterocycles. The zero-order valence-corrected chi connectivity index (χ0v) is 24.2. The first-order chi connectivity index (χ1) is 19.9. The summed E-state index contributed by atoms with van der Waals surface area (Å²) in [5.74, 6) is -0.845. The zero-order valence-electron chi connectivity index (χ0n) is 24.2. The summed E-state index contributed by atoms with van der Waals surface area (Å²) in [7, 11) is 0. The maximum atomic E-state index is 13.6. The number of aryl methyl sites for hydroxylation is 1. The van der Waals surface area contributed by atoms with Crippen LogP contribution >= 0.6 is 0 Å². The molecule has 1 aromatic heterocycles. The first kappa shape index (κ1) is 30.2. The van der Waals surface area contributed by atoms with Crippen molar-refractivity contribution in [1.29, 1.82) is 0 Å². The van der Waals surface area contributed by atoms with E-state index in [1.807, 2.05) is 19.1 Å². The Hall–Kier alpha value is -3.73. The second kappa shape index (κ2) is 14.8. The Bertz CT molecular complexity index is 1180. The molecular weight excluding hydrogens is 522 g/mol. The molecular formula is C30H43N7O4. The number of rotatable bonds is 10. The first-order valence-corrected chi connectivity index (χ1v) is 14.8. The smallest absolute Gasteiger partial charge is 0.270 e. The summed E-state index contributed by atoms with van der Waals surface area (Å²) in [4.78, 5) is 53.5. The lowest BCUT2D eigenvalue weighted by Gasteiger charge is -2.31. The normalized spacial score (nSPS) is 17.7. The lowest BCUT2D eigenvalue weighted by Crippen LogP contribution is -2.54. The molecule has 4 rings (SSSR count). The Morgan fingerprint density at radius 2 is 1.66 bits per heavy atom. The van der Waals surface area contributed by atoms with E-state index in [-0.39, 0.29) is 29.5 Å². The number of carbonyl (C=O) groups is 4. The predicted octanol–water partition coefficient (Wildman–Crippen LogP) is 2.09. The Kier molecular flexibility index (Phi) is 10.9. The fourth-order valence-corrected chi connectivity index (χ4v) is 5.77. The van der Waals surface area contributed by atoms with Crippen LogP contribution in [0.3, 0.4) is 0 Å². The molecule has 41 heavy (non-hydrogen) atoms. The number of carbonyl (C=O) groups excluding carboxylic acids is 4. The number of anilines is 1. The average Bonchev–Trinajstić information content (AvgIpc) is 3.30. The second-order valence-corrected chi connectivity index (χ2v) is 11.0. The average molecular weight is 566 g/mol.